The SMILES string of the molecule is CCCN1CCN(c2ncnc3sc(C(=O)Nc4cc(OC)ccc4OC)c(C)c23)CC1. The lowest BCUT2D eigenvalue weighted by Gasteiger charge is -2.35. The third-order valence-electron chi connectivity index (χ3n) is 5.78. The number of amides is 1. The van der Waals surface area contributed by atoms with Gasteiger partial charge in [-0.1, -0.05) is 6.92 Å². The van der Waals surface area contributed by atoms with Crippen LogP contribution in [0.3, 0.4) is 0 Å². The van der Waals surface area contributed by atoms with Crippen LogP contribution in [0.15, 0.2) is 24.5 Å². The molecule has 3 heterocycles. The van der Waals surface area contributed by atoms with E-state index in [4.69, 9.17) is 9.47 Å². The summed E-state index contributed by atoms with van der Waals surface area (Å²) in [6, 6.07) is 5.32. The molecule has 0 bridgehead atoms. The Labute approximate surface area is 192 Å². The number of benzene rings is 1. The first-order chi connectivity index (χ1) is 15.5. The standard InChI is InChI=1S/C23H29N5O3S/c1-5-8-27-9-11-28(12-10-27)21-19-15(2)20(32-23(19)25-14-24-21)22(29)26-17-13-16(30-3)6-7-18(17)31-4/h6-7,13-14H,5,8-12H2,1-4H3,(H,26,29). The van der Waals surface area contributed by atoms with E-state index < -0.39 is 0 Å². The molecule has 0 unspecified atom stereocenters. The van der Waals surface area contributed by atoms with E-state index in [9.17, 15) is 4.79 Å². The molecule has 1 aromatic carbocycles. The summed E-state index contributed by atoms with van der Waals surface area (Å²) in [6.45, 7) is 9.19. The van der Waals surface area contributed by atoms with Gasteiger partial charge >= 0.3 is 0 Å². The quantitative estimate of drug-likeness (QED) is 0.580. The first-order valence-corrected chi connectivity index (χ1v) is 11.6. The summed E-state index contributed by atoms with van der Waals surface area (Å²) in [5.74, 6) is 1.93. The predicted octanol–water partition coefficient (Wildman–Crippen LogP) is 3.80. The minimum atomic E-state index is -0.198. The lowest BCUT2D eigenvalue weighted by molar-refractivity contribution is 0.102. The van der Waals surface area contributed by atoms with Gasteiger partial charge in [0.1, 0.15) is 28.5 Å². The monoisotopic (exact) mass is 455 g/mol. The molecule has 1 amide bonds. The Morgan fingerprint density at radius 2 is 1.94 bits per heavy atom. The van der Waals surface area contributed by atoms with Crippen LogP contribution in [0.25, 0.3) is 10.2 Å². The predicted molar refractivity (Wildman–Crippen MR) is 129 cm³/mol. The Kier molecular flexibility index (Phi) is 6.76. The van der Waals surface area contributed by atoms with Crippen molar-refractivity contribution in [3.8, 4) is 11.5 Å². The van der Waals surface area contributed by atoms with Crippen LogP contribution in [0.1, 0.15) is 28.6 Å². The number of thiophene rings is 1. The molecule has 2 aromatic heterocycles. The molecule has 8 nitrogen and oxygen atoms in total. The highest BCUT2D eigenvalue weighted by molar-refractivity contribution is 7.20. The number of hydrogen-bond acceptors (Lipinski definition) is 8. The smallest absolute Gasteiger partial charge is 0.266 e. The number of aryl methyl sites for hydroxylation is 1. The van der Waals surface area contributed by atoms with Crippen molar-refractivity contribution in [2.75, 3.05) is 57.2 Å². The molecular formula is C23H29N5O3S. The molecule has 170 valence electrons. The van der Waals surface area contributed by atoms with Gasteiger partial charge in [0.05, 0.1) is 30.2 Å². The van der Waals surface area contributed by atoms with E-state index in [1.54, 1.807) is 38.7 Å². The maximum atomic E-state index is 13.2. The maximum absolute atomic E-state index is 13.2. The van der Waals surface area contributed by atoms with Crippen LogP contribution in [-0.4, -0.2) is 67.7 Å². The summed E-state index contributed by atoms with van der Waals surface area (Å²) >= 11 is 1.39. The fourth-order valence-electron chi connectivity index (χ4n) is 4.10. The minimum absolute atomic E-state index is 0.198. The number of aromatic nitrogens is 2. The number of carbonyl (C=O) groups is 1. The molecule has 0 atom stereocenters. The lowest BCUT2D eigenvalue weighted by atomic mass is 10.1. The molecule has 9 heteroatoms. The van der Waals surface area contributed by atoms with Gasteiger partial charge in [0, 0.05) is 32.2 Å². The Morgan fingerprint density at radius 3 is 2.62 bits per heavy atom. The zero-order chi connectivity index (χ0) is 22.7. The number of nitrogens with zero attached hydrogens (tertiary/aromatic N) is 4. The van der Waals surface area contributed by atoms with Crippen LogP contribution < -0.4 is 19.7 Å². The van der Waals surface area contributed by atoms with Crippen molar-refractivity contribution in [3.63, 3.8) is 0 Å². The number of ether oxygens (including phenoxy) is 2. The summed E-state index contributed by atoms with van der Waals surface area (Å²) in [5.41, 5.74) is 1.46. The van der Waals surface area contributed by atoms with Gasteiger partial charge in [0.15, 0.2) is 0 Å². The van der Waals surface area contributed by atoms with Crippen LogP contribution in [0.2, 0.25) is 0 Å². The van der Waals surface area contributed by atoms with Gasteiger partial charge in [-0.05, 0) is 37.6 Å². The van der Waals surface area contributed by atoms with Crippen LogP contribution in [-0.2, 0) is 0 Å². The van der Waals surface area contributed by atoms with Gasteiger partial charge in [-0.3, -0.25) is 9.69 Å². The molecule has 1 N–H and O–H groups in total. The number of hydrogen-bond donors (Lipinski definition) is 1. The highest BCUT2D eigenvalue weighted by Gasteiger charge is 2.24. The van der Waals surface area contributed by atoms with Crippen molar-refractivity contribution in [2.45, 2.75) is 20.3 Å². The summed E-state index contributed by atoms with van der Waals surface area (Å²) < 4.78 is 10.7. The maximum Gasteiger partial charge on any atom is 0.266 e. The van der Waals surface area contributed by atoms with Crippen molar-refractivity contribution in [1.82, 2.24) is 14.9 Å². The molecule has 0 aliphatic carbocycles. The number of methoxy groups -OCH3 is 2. The van der Waals surface area contributed by atoms with E-state index in [2.05, 4.69) is 32.0 Å². The van der Waals surface area contributed by atoms with Crippen molar-refractivity contribution < 1.29 is 14.3 Å². The van der Waals surface area contributed by atoms with Crippen molar-refractivity contribution in [3.05, 3.63) is 35.0 Å². The number of rotatable bonds is 7. The fraction of sp³-hybridized carbons (Fsp3) is 0.435. The normalized spacial score (nSPS) is 14.6. The Bertz CT molecular complexity index is 1110. The number of nitrogens with one attached hydrogen (secondary N) is 1. The van der Waals surface area contributed by atoms with Crippen molar-refractivity contribution in [1.29, 1.82) is 0 Å². The van der Waals surface area contributed by atoms with Gasteiger partial charge in [-0.15, -0.1) is 11.3 Å². The lowest BCUT2D eigenvalue weighted by Crippen LogP contribution is -2.46. The molecule has 4 rings (SSSR count). The molecule has 1 saturated heterocycles. The molecule has 1 fully saturated rings. The third kappa shape index (κ3) is 4.35. The van der Waals surface area contributed by atoms with E-state index in [0.717, 1.165) is 60.7 Å². The average molecular weight is 456 g/mol. The minimum Gasteiger partial charge on any atom is -0.497 e. The Balaban J connectivity index is 1.62. The second kappa shape index (κ2) is 9.70. The number of carbonyl (C=O) groups excluding carboxylic acids is 1. The van der Waals surface area contributed by atoms with E-state index in [0.29, 0.717) is 22.1 Å². The summed E-state index contributed by atoms with van der Waals surface area (Å²) in [5, 5.41) is 3.93. The number of fused-ring (bicyclic) bond motifs is 1. The third-order valence-corrected chi connectivity index (χ3v) is 6.98. The summed E-state index contributed by atoms with van der Waals surface area (Å²) in [6.07, 6.45) is 2.76. The zero-order valence-corrected chi connectivity index (χ0v) is 19.8. The number of anilines is 2. The van der Waals surface area contributed by atoms with E-state index in [-0.39, 0.29) is 5.91 Å². The Hall–Kier alpha value is -2.91. The van der Waals surface area contributed by atoms with E-state index in [1.807, 2.05) is 6.92 Å². The Morgan fingerprint density at radius 1 is 1.16 bits per heavy atom. The first-order valence-electron chi connectivity index (χ1n) is 10.8. The summed E-state index contributed by atoms with van der Waals surface area (Å²) in [4.78, 5) is 28.5. The van der Waals surface area contributed by atoms with Crippen molar-refractivity contribution in [2.24, 2.45) is 0 Å². The van der Waals surface area contributed by atoms with Crippen LogP contribution in [0.5, 0.6) is 11.5 Å². The molecule has 1 aliphatic rings. The van der Waals surface area contributed by atoms with E-state index in [1.165, 1.54) is 11.3 Å². The molecule has 0 saturated carbocycles. The van der Waals surface area contributed by atoms with Gasteiger partial charge in [-0.2, -0.15) is 0 Å². The van der Waals surface area contributed by atoms with Gasteiger partial charge in [-0.25, -0.2) is 9.97 Å². The van der Waals surface area contributed by atoms with Crippen molar-refractivity contribution >= 4 is 39.0 Å². The highest BCUT2D eigenvalue weighted by Crippen LogP contribution is 2.36. The molecule has 1 aliphatic heterocycles. The topological polar surface area (TPSA) is 79.8 Å². The van der Waals surface area contributed by atoms with Crippen LogP contribution in [0, 0.1) is 6.92 Å². The molecule has 3 aromatic rings. The molecular weight excluding hydrogens is 426 g/mol. The molecule has 0 spiro atoms. The fourth-order valence-corrected chi connectivity index (χ4v) is 5.14. The molecule has 32 heavy (non-hydrogen) atoms. The van der Waals surface area contributed by atoms with Crippen LogP contribution >= 0.6 is 11.3 Å². The van der Waals surface area contributed by atoms with Gasteiger partial charge < -0.3 is 19.7 Å². The second-order valence-corrected chi connectivity index (χ2v) is 8.78. The summed E-state index contributed by atoms with van der Waals surface area (Å²) in [7, 11) is 3.16. The average Bonchev–Trinajstić information content (AvgIpc) is 3.16. The van der Waals surface area contributed by atoms with E-state index >= 15 is 0 Å². The molecule has 0 radical (unpaired) electrons. The van der Waals surface area contributed by atoms with Gasteiger partial charge in [0.2, 0.25) is 0 Å². The largest absolute Gasteiger partial charge is 0.497 e. The second-order valence-electron chi connectivity index (χ2n) is 7.78. The van der Waals surface area contributed by atoms with Crippen LogP contribution in [0.4, 0.5) is 11.5 Å². The zero-order valence-electron chi connectivity index (χ0n) is 19.0. The number of piperazine rings is 1. The highest BCUT2D eigenvalue weighted by atomic mass is 32.1. The van der Waals surface area contributed by atoms with Gasteiger partial charge in [0.25, 0.3) is 5.91 Å². The first kappa shape index (κ1) is 22.3.